The van der Waals surface area contributed by atoms with Gasteiger partial charge >= 0.3 is 6.18 Å². The van der Waals surface area contributed by atoms with Gasteiger partial charge in [-0.05, 0) is 53.9 Å². The van der Waals surface area contributed by atoms with Crippen molar-refractivity contribution >= 4 is 11.8 Å². The summed E-state index contributed by atoms with van der Waals surface area (Å²) in [5.41, 5.74) is 1.08. The summed E-state index contributed by atoms with van der Waals surface area (Å²) < 4.78 is 39.4. The number of likely N-dealkylation sites (tertiary alicyclic amines) is 2. The zero-order valence-electron chi connectivity index (χ0n) is 22.8. The predicted molar refractivity (Wildman–Crippen MR) is 150 cm³/mol. The van der Waals surface area contributed by atoms with Crippen LogP contribution in [0.25, 0.3) is 0 Å². The highest BCUT2D eigenvalue weighted by molar-refractivity contribution is 5.96. The van der Waals surface area contributed by atoms with Crippen LogP contribution in [0.5, 0.6) is 0 Å². The molecule has 8 heteroatoms. The maximum atomic E-state index is 14.0. The third kappa shape index (κ3) is 5.37. The third-order valence-electron chi connectivity index (χ3n) is 9.22. The SMILES string of the molecule is O=C(CN1CCC(c2ccccc2)(c2ccccc2)C1=O)N[C@@H]1CC[C@@H]2CN(Cc3cccc(C(F)(F)F)c3)C[C@H]21. The van der Waals surface area contributed by atoms with Gasteiger partial charge in [-0.25, -0.2) is 0 Å². The lowest BCUT2D eigenvalue weighted by Crippen LogP contribution is -2.47. The molecule has 2 aliphatic heterocycles. The number of fused-ring (bicyclic) bond motifs is 1. The van der Waals surface area contributed by atoms with Crippen molar-refractivity contribution in [3.63, 3.8) is 0 Å². The summed E-state index contributed by atoms with van der Waals surface area (Å²) in [7, 11) is 0. The number of nitrogens with zero attached hydrogens (tertiary/aromatic N) is 2. The van der Waals surface area contributed by atoms with E-state index in [-0.39, 0.29) is 30.3 Å². The lowest BCUT2D eigenvalue weighted by Gasteiger charge is -2.29. The van der Waals surface area contributed by atoms with Gasteiger partial charge in [-0.15, -0.1) is 0 Å². The van der Waals surface area contributed by atoms with E-state index in [9.17, 15) is 22.8 Å². The number of carbonyl (C=O) groups excluding carboxylic acids is 2. The van der Waals surface area contributed by atoms with Gasteiger partial charge in [0.05, 0.1) is 12.1 Å². The van der Waals surface area contributed by atoms with Crippen molar-refractivity contribution in [2.45, 2.75) is 43.4 Å². The number of amides is 2. The zero-order valence-corrected chi connectivity index (χ0v) is 22.8. The Bertz CT molecular complexity index is 1360. The molecule has 5 nitrogen and oxygen atoms in total. The quantitative estimate of drug-likeness (QED) is 0.429. The maximum absolute atomic E-state index is 14.0. The third-order valence-corrected chi connectivity index (χ3v) is 9.22. The molecule has 0 bridgehead atoms. The van der Waals surface area contributed by atoms with Gasteiger partial charge in [0.1, 0.15) is 5.41 Å². The van der Waals surface area contributed by atoms with Crippen molar-refractivity contribution in [3.8, 4) is 0 Å². The van der Waals surface area contributed by atoms with E-state index < -0.39 is 17.2 Å². The smallest absolute Gasteiger partial charge is 0.351 e. The monoisotopic (exact) mass is 561 g/mol. The Morgan fingerprint density at radius 3 is 2.24 bits per heavy atom. The Kier molecular flexibility index (Phi) is 7.36. The second kappa shape index (κ2) is 11.0. The largest absolute Gasteiger partial charge is 0.416 e. The zero-order chi connectivity index (χ0) is 28.6. The van der Waals surface area contributed by atoms with Crippen molar-refractivity contribution in [2.24, 2.45) is 11.8 Å². The molecule has 0 spiro atoms. The van der Waals surface area contributed by atoms with Crippen LogP contribution in [0.3, 0.4) is 0 Å². The first-order chi connectivity index (χ1) is 19.7. The van der Waals surface area contributed by atoms with Crippen molar-refractivity contribution in [3.05, 3.63) is 107 Å². The number of halogens is 3. The van der Waals surface area contributed by atoms with Crippen molar-refractivity contribution in [1.82, 2.24) is 15.1 Å². The van der Waals surface area contributed by atoms with Crippen LogP contribution in [0.2, 0.25) is 0 Å². The van der Waals surface area contributed by atoms with Crippen LogP contribution in [-0.4, -0.2) is 53.8 Å². The Hall–Kier alpha value is -3.65. The lowest BCUT2D eigenvalue weighted by molar-refractivity contribution is -0.137. The van der Waals surface area contributed by atoms with E-state index in [1.807, 2.05) is 60.7 Å². The number of rotatable bonds is 7. The lowest BCUT2D eigenvalue weighted by atomic mass is 9.73. The second-order valence-corrected chi connectivity index (χ2v) is 11.7. The van der Waals surface area contributed by atoms with Gasteiger partial charge < -0.3 is 10.2 Å². The minimum atomic E-state index is -4.36. The molecule has 3 aromatic carbocycles. The van der Waals surface area contributed by atoms with Crippen LogP contribution < -0.4 is 5.32 Å². The molecule has 0 radical (unpaired) electrons. The summed E-state index contributed by atoms with van der Waals surface area (Å²) in [5, 5.41) is 3.21. The number of carbonyl (C=O) groups is 2. The standard InChI is InChI=1S/C33H34F3N3O2/c34-33(35,36)27-13-7-8-23(18-27)19-38-20-24-14-15-29(28(24)21-38)37-30(40)22-39-17-16-32(31(39)41,25-9-3-1-4-10-25)26-11-5-2-6-12-26/h1-13,18,24,28-29H,14-17,19-22H2,(H,37,40)/t24-,28-,29-/m1/s1. The maximum Gasteiger partial charge on any atom is 0.416 e. The Morgan fingerprint density at radius 1 is 0.902 bits per heavy atom. The van der Waals surface area contributed by atoms with Crippen LogP contribution in [-0.2, 0) is 27.7 Å². The average Bonchev–Trinajstić information content (AvgIpc) is 3.64. The molecule has 1 saturated carbocycles. The van der Waals surface area contributed by atoms with E-state index >= 15 is 0 Å². The van der Waals surface area contributed by atoms with E-state index in [0.29, 0.717) is 31.0 Å². The van der Waals surface area contributed by atoms with Crippen LogP contribution in [0.4, 0.5) is 13.2 Å². The molecule has 0 unspecified atom stereocenters. The van der Waals surface area contributed by atoms with Gasteiger partial charge in [0.2, 0.25) is 11.8 Å². The molecule has 1 N–H and O–H groups in total. The van der Waals surface area contributed by atoms with Gasteiger partial charge in [0, 0.05) is 32.2 Å². The summed E-state index contributed by atoms with van der Waals surface area (Å²) in [6.45, 7) is 2.52. The number of alkyl halides is 3. The molecule has 2 amide bonds. The molecule has 6 rings (SSSR count). The highest BCUT2D eigenvalue weighted by atomic mass is 19.4. The van der Waals surface area contributed by atoms with Gasteiger partial charge in [-0.1, -0.05) is 78.9 Å². The predicted octanol–water partition coefficient (Wildman–Crippen LogP) is 5.25. The first-order valence-corrected chi connectivity index (χ1v) is 14.3. The first kappa shape index (κ1) is 27.5. The fourth-order valence-corrected chi connectivity index (χ4v) is 7.28. The number of hydrogen-bond acceptors (Lipinski definition) is 3. The number of benzene rings is 3. The Morgan fingerprint density at radius 2 is 1.59 bits per heavy atom. The van der Waals surface area contributed by atoms with E-state index in [1.165, 1.54) is 12.1 Å². The summed E-state index contributed by atoms with van der Waals surface area (Å²) >= 11 is 0. The number of hydrogen-bond donors (Lipinski definition) is 1. The molecule has 0 aromatic heterocycles. The van der Waals surface area contributed by atoms with Gasteiger partial charge in [-0.2, -0.15) is 13.2 Å². The topological polar surface area (TPSA) is 52.7 Å². The molecule has 2 saturated heterocycles. The van der Waals surface area contributed by atoms with Crippen LogP contribution in [0.1, 0.15) is 41.5 Å². The summed E-state index contributed by atoms with van der Waals surface area (Å²) in [4.78, 5) is 31.1. The fraction of sp³-hybridized carbons (Fsp3) is 0.394. The van der Waals surface area contributed by atoms with Crippen LogP contribution in [0, 0.1) is 11.8 Å². The van der Waals surface area contributed by atoms with E-state index in [0.717, 1.165) is 43.1 Å². The molecule has 2 heterocycles. The molecule has 3 aromatic rings. The van der Waals surface area contributed by atoms with E-state index in [1.54, 1.807) is 11.0 Å². The molecule has 214 valence electrons. The van der Waals surface area contributed by atoms with E-state index in [4.69, 9.17) is 0 Å². The van der Waals surface area contributed by atoms with Crippen molar-refractivity contribution in [1.29, 1.82) is 0 Å². The normalized spacial score (nSPS) is 24.0. The molecular formula is C33H34F3N3O2. The molecule has 3 fully saturated rings. The van der Waals surface area contributed by atoms with Gasteiger partial charge in [0.25, 0.3) is 0 Å². The molecular weight excluding hydrogens is 527 g/mol. The fourth-order valence-electron chi connectivity index (χ4n) is 7.28. The van der Waals surface area contributed by atoms with Crippen LogP contribution >= 0.6 is 0 Å². The summed E-state index contributed by atoms with van der Waals surface area (Å²) in [6.07, 6.45) is -1.90. The average molecular weight is 562 g/mol. The van der Waals surface area contributed by atoms with Gasteiger partial charge in [0.15, 0.2) is 0 Å². The van der Waals surface area contributed by atoms with E-state index in [2.05, 4.69) is 10.2 Å². The molecule has 41 heavy (non-hydrogen) atoms. The number of nitrogens with one attached hydrogen (secondary N) is 1. The molecule has 1 aliphatic carbocycles. The first-order valence-electron chi connectivity index (χ1n) is 14.3. The minimum Gasteiger partial charge on any atom is -0.351 e. The molecule has 3 aliphatic rings. The Balaban J connectivity index is 1.09. The van der Waals surface area contributed by atoms with Crippen LogP contribution in [0.15, 0.2) is 84.9 Å². The molecule has 3 atom stereocenters. The Labute approximate surface area is 238 Å². The van der Waals surface area contributed by atoms with Crippen molar-refractivity contribution < 1.29 is 22.8 Å². The van der Waals surface area contributed by atoms with Gasteiger partial charge in [-0.3, -0.25) is 14.5 Å². The summed E-state index contributed by atoms with van der Waals surface area (Å²) in [6, 6.07) is 25.1. The highest BCUT2D eigenvalue weighted by Gasteiger charge is 2.50. The second-order valence-electron chi connectivity index (χ2n) is 11.7. The highest BCUT2D eigenvalue weighted by Crippen LogP contribution is 2.42. The summed E-state index contributed by atoms with van der Waals surface area (Å²) in [5.74, 6) is 0.454. The van der Waals surface area contributed by atoms with Crippen molar-refractivity contribution in [2.75, 3.05) is 26.2 Å². The minimum absolute atomic E-state index is 0.00437.